The molecule has 266 valence electrons. The van der Waals surface area contributed by atoms with Gasteiger partial charge in [-0.3, -0.25) is 0 Å². The summed E-state index contributed by atoms with van der Waals surface area (Å²) in [5.74, 6) is 6.04. The first kappa shape index (κ1) is 36.9. The maximum absolute atomic E-state index is 6.03. The van der Waals surface area contributed by atoms with Gasteiger partial charge in [-0.1, -0.05) is 109 Å². The molecule has 0 aliphatic heterocycles. The van der Waals surface area contributed by atoms with E-state index in [1.54, 1.807) is 0 Å². The highest BCUT2D eigenvalue weighted by Crippen LogP contribution is 2.32. The lowest BCUT2D eigenvalue weighted by Gasteiger charge is -2.13. The first-order valence-electron chi connectivity index (χ1n) is 18.7. The van der Waals surface area contributed by atoms with Gasteiger partial charge in [-0.2, -0.15) is 0 Å². The maximum atomic E-state index is 6.03. The van der Waals surface area contributed by atoms with Crippen molar-refractivity contribution in [3.8, 4) is 56.7 Å². The predicted octanol–water partition coefficient (Wildman–Crippen LogP) is 12.8. The summed E-state index contributed by atoms with van der Waals surface area (Å²) in [7, 11) is 0. The summed E-state index contributed by atoms with van der Waals surface area (Å²) in [5, 5.41) is 8.71. The van der Waals surface area contributed by atoms with E-state index >= 15 is 0 Å². The minimum Gasteiger partial charge on any atom is -0.494 e. The standard InChI is InChI=1S/C44H56N2O4/c1-31(2)10-7-12-33(5)24-26-47-39-20-16-35(17-21-39)41-29-43(49-45-41)37-14-9-15-38(28-37)44-30-42(46-50-44)36-18-22-40(23-19-36)48-27-25-34(6)13-8-11-32(3)4/h9,14-23,28-34H,7-8,10-13,24-27H2,1-6H3/t33-,34-/m0/s1. The van der Waals surface area contributed by atoms with Crippen molar-refractivity contribution in [2.45, 2.75) is 92.9 Å². The first-order valence-corrected chi connectivity index (χ1v) is 18.7. The van der Waals surface area contributed by atoms with Crippen LogP contribution >= 0.6 is 0 Å². The van der Waals surface area contributed by atoms with E-state index in [0.29, 0.717) is 23.4 Å². The van der Waals surface area contributed by atoms with Gasteiger partial charge in [0.15, 0.2) is 11.5 Å². The third-order valence-corrected chi connectivity index (χ3v) is 9.47. The van der Waals surface area contributed by atoms with Gasteiger partial charge in [0.2, 0.25) is 0 Å². The van der Waals surface area contributed by atoms with Crippen LogP contribution in [0.3, 0.4) is 0 Å². The highest BCUT2D eigenvalue weighted by molar-refractivity contribution is 5.73. The number of benzene rings is 3. The fourth-order valence-corrected chi connectivity index (χ4v) is 6.16. The zero-order valence-corrected chi connectivity index (χ0v) is 31.0. The van der Waals surface area contributed by atoms with Crippen LogP contribution in [0.2, 0.25) is 0 Å². The molecule has 2 heterocycles. The van der Waals surface area contributed by atoms with E-state index in [-0.39, 0.29) is 0 Å². The molecule has 2 atom stereocenters. The van der Waals surface area contributed by atoms with E-state index in [2.05, 4.69) is 51.9 Å². The average Bonchev–Trinajstić information content (AvgIpc) is 3.80. The third-order valence-electron chi connectivity index (χ3n) is 9.47. The Labute approximate surface area is 299 Å². The Morgan fingerprint density at radius 1 is 0.480 bits per heavy atom. The normalized spacial score (nSPS) is 12.8. The predicted molar refractivity (Wildman–Crippen MR) is 204 cm³/mol. The van der Waals surface area contributed by atoms with Crippen LogP contribution in [0.15, 0.2) is 94.0 Å². The summed E-state index contributed by atoms with van der Waals surface area (Å²) in [4.78, 5) is 0. The van der Waals surface area contributed by atoms with Crippen LogP contribution in [0.4, 0.5) is 0 Å². The average molecular weight is 677 g/mol. The minimum atomic E-state index is 0.678. The molecule has 50 heavy (non-hydrogen) atoms. The molecular formula is C44H56N2O4. The van der Waals surface area contributed by atoms with Crippen molar-refractivity contribution >= 4 is 0 Å². The molecule has 0 radical (unpaired) electrons. The van der Waals surface area contributed by atoms with Crippen molar-refractivity contribution in [2.75, 3.05) is 13.2 Å². The van der Waals surface area contributed by atoms with Crippen LogP contribution in [0.5, 0.6) is 11.5 Å². The molecule has 0 bridgehead atoms. The van der Waals surface area contributed by atoms with Crippen LogP contribution in [-0.2, 0) is 0 Å². The molecule has 3 aromatic carbocycles. The topological polar surface area (TPSA) is 70.5 Å². The second-order valence-corrected chi connectivity index (χ2v) is 14.9. The molecule has 0 saturated heterocycles. The van der Waals surface area contributed by atoms with Crippen molar-refractivity contribution in [1.29, 1.82) is 0 Å². The Morgan fingerprint density at radius 3 is 1.30 bits per heavy atom. The zero-order chi connectivity index (χ0) is 35.3. The monoisotopic (exact) mass is 676 g/mol. The van der Waals surface area contributed by atoms with Crippen LogP contribution in [-0.4, -0.2) is 23.5 Å². The van der Waals surface area contributed by atoms with Gasteiger partial charge in [-0.15, -0.1) is 0 Å². The van der Waals surface area contributed by atoms with E-state index in [9.17, 15) is 0 Å². The van der Waals surface area contributed by atoms with Gasteiger partial charge >= 0.3 is 0 Å². The van der Waals surface area contributed by atoms with Crippen LogP contribution in [0, 0.1) is 23.7 Å². The largest absolute Gasteiger partial charge is 0.494 e. The van der Waals surface area contributed by atoms with Gasteiger partial charge < -0.3 is 18.5 Å². The lowest BCUT2D eigenvalue weighted by atomic mass is 9.98. The molecule has 0 aliphatic carbocycles. The van der Waals surface area contributed by atoms with Gasteiger partial charge in [0, 0.05) is 34.4 Å². The summed E-state index contributed by atoms with van der Waals surface area (Å²) in [6.45, 7) is 15.3. The van der Waals surface area contributed by atoms with E-state index in [0.717, 1.165) is 83.0 Å². The second kappa shape index (κ2) is 18.6. The Bertz CT molecular complexity index is 1580. The Balaban J connectivity index is 1.12. The smallest absolute Gasteiger partial charge is 0.167 e. The Kier molecular flexibility index (Phi) is 13.8. The number of ether oxygens (including phenoxy) is 2. The molecule has 2 aromatic heterocycles. The molecular weight excluding hydrogens is 620 g/mol. The summed E-state index contributed by atoms with van der Waals surface area (Å²) in [5.41, 5.74) is 5.35. The molecule has 0 aliphatic rings. The van der Waals surface area contributed by atoms with Crippen molar-refractivity contribution < 1.29 is 18.5 Å². The van der Waals surface area contributed by atoms with Gasteiger partial charge in [0.1, 0.15) is 22.9 Å². The second-order valence-electron chi connectivity index (χ2n) is 14.9. The van der Waals surface area contributed by atoms with Crippen molar-refractivity contribution in [1.82, 2.24) is 10.3 Å². The first-order chi connectivity index (χ1) is 24.2. The zero-order valence-electron chi connectivity index (χ0n) is 31.0. The van der Waals surface area contributed by atoms with E-state index in [1.807, 2.05) is 84.9 Å². The lowest BCUT2D eigenvalue weighted by Crippen LogP contribution is -2.04. The minimum absolute atomic E-state index is 0.678. The summed E-state index contributed by atoms with van der Waals surface area (Å²) in [6, 6.07) is 28.1. The Morgan fingerprint density at radius 2 is 0.900 bits per heavy atom. The molecule has 0 saturated carbocycles. The molecule has 0 spiro atoms. The highest BCUT2D eigenvalue weighted by Gasteiger charge is 2.14. The number of aromatic nitrogens is 2. The quantitative estimate of drug-likeness (QED) is 0.0817. The fraction of sp³-hybridized carbons (Fsp3) is 0.455. The van der Waals surface area contributed by atoms with Gasteiger partial charge in [-0.05, 0) is 91.1 Å². The number of rotatable bonds is 20. The van der Waals surface area contributed by atoms with Crippen LogP contribution < -0.4 is 9.47 Å². The molecule has 0 N–H and O–H groups in total. The van der Waals surface area contributed by atoms with Crippen molar-refractivity contribution in [3.05, 3.63) is 84.9 Å². The summed E-state index contributed by atoms with van der Waals surface area (Å²) in [6.07, 6.45) is 9.86. The molecule has 6 heteroatoms. The number of hydrogen-bond donors (Lipinski definition) is 0. The van der Waals surface area contributed by atoms with E-state index in [4.69, 9.17) is 18.5 Å². The van der Waals surface area contributed by atoms with Crippen molar-refractivity contribution in [2.24, 2.45) is 23.7 Å². The third kappa shape index (κ3) is 11.4. The van der Waals surface area contributed by atoms with Gasteiger partial charge in [0.05, 0.1) is 13.2 Å². The maximum Gasteiger partial charge on any atom is 0.167 e. The van der Waals surface area contributed by atoms with Crippen LogP contribution in [0.25, 0.3) is 45.2 Å². The fourth-order valence-electron chi connectivity index (χ4n) is 6.16. The summed E-state index contributed by atoms with van der Waals surface area (Å²) < 4.78 is 23.6. The van der Waals surface area contributed by atoms with E-state index in [1.165, 1.54) is 38.5 Å². The van der Waals surface area contributed by atoms with Crippen LogP contribution in [0.1, 0.15) is 92.9 Å². The van der Waals surface area contributed by atoms with E-state index < -0.39 is 0 Å². The molecule has 0 fully saturated rings. The summed E-state index contributed by atoms with van der Waals surface area (Å²) >= 11 is 0. The molecule has 6 nitrogen and oxygen atoms in total. The SMILES string of the molecule is CC(C)CCC[C@H](C)CCOc1ccc(-c2cc(-c3cccc(-c4cc(-c5ccc(OCC[C@@H](C)CCCC(C)C)cc5)no4)c3)on2)cc1. The number of hydrogen-bond acceptors (Lipinski definition) is 6. The molecule has 5 aromatic rings. The number of nitrogens with zero attached hydrogens (tertiary/aromatic N) is 2. The van der Waals surface area contributed by atoms with Gasteiger partial charge in [-0.25, -0.2) is 0 Å². The van der Waals surface area contributed by atoms with Crippen molar-refractivity contribution in [3.63, 3.8) is 0 Å². The van der Waals surface area contributed by atoms with Gasteiger partial charge in [0.25, 0.3) is 0 Å². The Hall–Kier alpha value is -4.32. The highest BCUT2D eigenvalue weighted by atomic mass is 16.5. The molecule has 0 amide bonds. The molecule has 0 unspecified atom stereocenters. The molecule has 5 rings (SSSR count). The lowest BCUT2D eigenvalue weighted by molar-refractivity contribution is 0.275.